The van der Waals surface area contributed by atoms with Crippen molar-refractivity contribution in [2.24, 2.45) is 5.73 Å². The molecule has 0 fully saturated rings. The first-order valence-electron chi connectivity index (χ1n) is 3.43. The van der Waals surface area contributed by atoms with Gasteiger partial charge in [-0.1, -0.05) is 30.3 Å². The fourth-order valence-corrected chi connectivity index (χ4v) is 1.14. The number of benzene rings is 1. The van der Waals surface area contributed by atoms with Crippen LogP contribution in [0.3, 0.4) is 0 Å². The molecule has 4 nitrogen and oxygen atoms in total. The number of ether oxygens (including phenoxy) is 1. The lowest BCUT2D eigenvalue weighted by Gasteiger charge is -2.00. The second kappa shape index (κ2) is 4.42. The van der Waals surface area contributed by atoms with Crippen LogP contribution in [-0.2, 0) is 16.0 Å². The lowest BCUT2D eigenvalue weighted by Crippen LogP contribution is -2.19. The zero-order valence-electron chi connectivity index (χ0n) is 6.60. The van der Waals surface area contributed by atoms with Crippen LogP contribution >= 0.6 is 0 Å². The predicted molar refractivity (Wildman–Crippen MR) is 49.4 cm³/mol. The van der Waals surface area contributed by atoms with E-state index in [1.807, 2.05) is 0 Å². The minimum absolute atomic E-state index is 0.0342. The first-order valence-corrected chi connectivity index (χ1v) is 4.17. The van der Waals surface area contributed by atoms with Crippen molar-refractivity contribution in [2.75, 3.05) is 0 Å². The molecule has 0 heterocycles. The molecule has 0 bridgehead atoms. The normalized spacial score (nSPS) is 8.92. The number of hydrogen-bond donors (Lipinski definition) is 1. The van der Waals surface area contributed by atoms with E-state index in [0.717, 1.165) is 0 Å². The van der Waals surface area contributed by atoms with Crippen molar-refractivity contribution >= 4 is 22.4 Å². The second-order valence-electron chi connectivity index (χ2n) is 2.16. The number of hydrogen-bond acceptors (Lipinski definition) is 3. The third kappa shape index (κ3) is 2.72. The van der Waals surface area contributed by atoms with Crippen molar-refractivity contribution in [3.63, 3.8) is 0 Å². The zero-order valence-corrected chi connectivity index (χ0v) is 7.41. The van der Waals surface area contributed by atoms with Crippen molar-refractivity contribution in [3.8, 4) is 0 Å². The van der Waals surface area contributed by atoms with Gasteiger partial charge in [0, 0.05) is 5.56 Å². The molecule has 5 heteroatoms. The molecule has 0 spiro atoms. The Balaban J connectivity index is 2.93. The Morgan fingerprint density at radius 2 is 1.92 bits per heavy atom. The van der Waals surface area contributed by atoms with E-state index in [4.69, 9.17) is 5.73 Å². The summed E-state index contributed by atoms with van der Waals surface area (Å²) in [6, 6.07) is 8.57. The van der Waals surface area contributed by atoms with E-state index in [0.29, 0.717) is 5.56 Å². The minimum Gasteiger partial charge on any atom is -0.395 e. The van der Waals surface area contributed by atoms with Crippen molar-refractivity contribution in [2.45, 2.75) is 0 Å². The fraction of sp³-hybridized carbons (Fsp3) is 0. The Hall–Kier alpha value is -1.62. The van der Waals surface area contributed by atoms with Crippen LogP contribution < -0.4 is 5.73 Å². The monoisotopic (exact) mass is 197 g/mol. The summed E-state index contributed by atoms with van der Waals surface area (Å²) in [6.45, 7) is 0. The van der Waals surface area contributed by atoms with Crippen LogP contribution in [0.15, 0.2) is 30.3 Å². The van der Waals surface area contributed by atoms with Crippen molar-refractivity contribution in [1.82, 2.24) is 0 Å². The summed E-state index contributed by atoms with van der Waals surface area (Å²) in [6.07, 6.45) is -0.984. The van der Waals surface area contributed by atoms with Gasteiger partial charge in [-0.3, -0.25) is 0 Å². The van der Waals surface area contributed by atoms with Gasteiger partial charge in [-0.05, 0) is 0 Å². The van der Waals surface area contributed by atoms with Crippen molar-refractivity contribution in [3.05, 3.63) is 35.9 Å². The second-order valence-corrected chi connectivity index (χ2v) is 2.70. The Morgan fingerprint density at radius 3 is 2.38 bits per heavy atom. The molecule has 2 N–H and O–H groups in total. The quantitative estimate of drug-likeness (QED) is 0.665. The maximum atomic E-state index is 10.5. The fourth-order valence-electron chi connectivity index (χ4n) is 0.790. The smallest absolute Gasteiger partial charge is 0.395 e. The number of carbonyl (C=O) groups is 1. The highest BCUT2D eigenvalue weighted by Gasteiger charge is 2.05. The molecule has 0 radical (unpaired) electrons. The van der Waals surface area contributed by atoms with Crippen LogP contribution in [0.2, 0.25) is 0 Å². The van der Waals surface area contributed by atoms with E-state index in [9.17, 15) is 9.00 Å². The molecule has 0 atom stereocenters. The summed E-state index contributed by atoms with van der Waals surface area (Å²) in [5.41, 5.74) is 5.31. The molecule has 1 rings (SSSR count). The minimum atomic E-state index is -0.984. The number of primary amides is 1. The molecule has 0 unspecified atom stereocenters. The van der Waals surface area contributed by atoms with E-state index in [1.165, 1.54) is 0 Å². The first kappa shape index (κ1) is 9.47. The van der Waals surface area contributed by atoms with Crippen molar-refractivity contribution < 1.29 is 13.7 Å². The standard InChI is InChI=1S/C8H7NO3S/c9-8(10)12-7(13-11)6-4-2-1-3-5-6/h1-5H,(H2,9,10). The SMILES string of the molecule is NC(=O)OC(=S=O)c1ccccc1. The molecule has 68 valence electrons. The summed E-state index contributed by atoms with van der Waals surface area (Å²) >= 11 is 0.0950. The van der Waals surface area contributed by atoms with Crippen LogP contribution in [0.1, 0.15) is 5.56 Å². The van der Waals surface area contributed by atoms with E-state index >= 15 is 0 Å². The summed E-state index contributed by atoms with van der Waals surface area (Å²) in [4.78, 5) is 10.4. The largest absolute Gasteiger partial charge is 0.410 e. The molecule has 1 amide bonds. The van der Waals surface area contributed by atoms with Gasteiger partial charge in [0.1, 0.15) is 11.3 Å². The molecule has 1 aromatic carbocycles. The topological polar surface area (TPSA) is 69.4 Å². The lowest BCUT2D eigenvalue weighted by atomic mass is 10.2. The van der Waals surface area contributed by atoms with Gasteiger partial charge in [-0.15, -0.1) is 0 Å². The summed E-state index contributed by atoms with van der Waals surface area (Å²) in [5, 5.41) is -0.0342. The van der Waals surface area contributed by atoms with Crippen LogP contribution in [0, 0.1) is 0 Å². The van der Waals surface area contributed by atoms with Gasteiger partial charge < -0.3 is 10.5 Å². The molecule has 0 saturated carbocycles. The molecule has 0 aromatic heterocycles. The van der Waals surface area contributed by atoms with Crippen LogP contribution in [0.25, 0.3) is 0 Å². The Morgan fingerprint density at radius 1 is 1.31 bits per heavy atom. The van der Waals surface area contributed by atoms with Gasteiger partial charge in [0.25, 0.3) is 0 Å². The van der Waals surface area contributed by atoms with Gasteiger partial charge >= 0.3 is 6.09 Å². The molecule has 0 saturated heterocycles. The number of carbonyl (C=O) groups excluding carboxylic acids is 1. The Labute approximate surface area is 78.4 Å². The van der Waals surface area contributed by atoms with Gasteiger partial charge in [0.15, 0.2) is 0 Å². The van der Waals surface area contributed by atoms with Gasteiger partial charge in [0.05, 0.1) is 0 Å². The predicted octanol–water partition coefficient (Wildman–Crippen LogP) is 0.473. The van der Waals surface area contributed by atoms with Crippen LogP contribution in [0.4, 0.5) is 4.79 Å². The van der Waals surface area contributed by atoms with E-state index in [-0.39, 0.29) is 16.3 Å². The van der Waals surface area contributed by atoms with E-state index in [1.54, 1.807) is 30.3 Å². The molecule has 1 aromatic rings. The Kier molecular flexibility index (Phi) is 3.22. The number of amides is 1. The molecular formula is C8H7NO3S. The van der Waals surface area contributed by atoms with Gasteiger partial charge in [-0.2, -0.15) is 0 Å². The average molecular weight is 197 g/mol. The van der Waals surface area contributed by atoms with Gasteiger partial charge in [0.2, 0.25) is 5.05 Å². The maximum Gasteiger partial charge on any atom is 0.410 e. The Bertz CT molecular complexity index is 357. The average Bonchev–Trinajstić information content (AvgIpc) is 2.15. The number of rotatable bonds is 1. The first-order chi connectivity index (χ1) is 6.24. The van der Waals surface area contributed by atoms with E-state index in [2.05, 4.69) is 4.74 Å². The molecule has 0 aliphatic heterocycles. The lowest BCUT2D eigenvalue weighted by molar-refractivity contribution is 0.209. The number of nitrogens with two attached hydrogens (primary N) is 1. The van der Waals surface area contributed by atoms with E-state index < -0.39 is 6.09 Å². The van der Waals surface area contributed by atoms with Crippen LogP contribution in [0.5, 0.6) is 0 Å². The molecule has 13 heavy (non-hydrogen) atoms. The third-order valence-electron chi connectivity index (χ3n) is 1.28. The van der Waals surface area contributed by atoms with Gasteiger partial charge in [-0.25, -0.2) is 9.00 Å². The summed E-state index contributed by atoms with van der Waals surface area (Å²) in [7, 11) is 0. The maximum absolute atomic E-state index is 10.5. The highest BCUT2D eigenvalue weighted by atomic mass is 32.1. The molecule has 0 aliphatic rings. The third-order valence-corrected chi connectivity index (χ3v) is 1.75. The molecule has 0 aliphatic carbocycles. The highest BCUT2D eigenvalue weighted by Crippen LogP contribution is 2.00. The molecular weight excluding hydrogens is 190 g/mol. The summed E-state index contributed by atoms with van der Waals surface area (Å²) in [5.74, 6) is 0. The highest BCUT2D eigenvalue weighted by molar-refractivity contribution is 7.66. The van der Waals surface area contributed by atoms with Crippen LogP contribution in [-0.4, -0.2) is 15.4 Å². The zero-order chi connectivity index (χ0) is 9.68. The summed E-state index contributed by atoms with van der Waals surface area (Å²) < 4.78 is 15.0. The van der Waals surface area contributed by atoms with Crippen molar-refractivity contribution in [1.29, 1.82) is 0 Å².